The van der Waals surface area contributed by atoms with E-state index in [-0.39, 0.29) is 19.8 Å². The van der Waals surface area contributed by atoms with E-state index < -0.39 is 11.7 Å². The second-order valence-corrected chi connectivity index (χ2v) is 3.91. The van der Waals surface area contributed by atoms with Crippen LogP contribution >= 0.6 is 0 Å². The summed E-state index contributed by atoms with van der Waals surface area (Å²) in [5.41, 5.74) is -1.03. The lowest BCUT2D eigenvalue weighted by Gasteiger charge is -2.43. The molecule has 16 heavy (non-hydrogen) atoms. The third kappa shape index (κ3) is 2.05. The van der Waals surface area contributed by atoms with Crippen molar-refractivity contribution in [3.05, 3.63) is 35.9 Å². The summed E-state index contributed by atoms with van der Waals surface area (Å²) in [5.74, 6) is 0. The van der Waals surface area contributed by atoms with E-state index in [9.17, 15) is 13.2 Å². The Kier molecular flexibility index (Phi) is 2.90. The van der Waals surface area contributed by atoms with Gasteiger partial charge in [-0.3, -0.25) is 5.32 Å². The van der Waals surface area contributed by atoms with E-state index in [1.165, 1.54) is 0 Å². The zero-order chi connectivity index (χ0) is 11.6. The SMILES string of the molecule is FC(F)(F)C1(NCc2ccccc2)COC1. The second-order valence-electron chi connectivity index (χ2n) is 3.91. The summed E-state index contributed by atoms with van der Waals surface area (Å²) >= 11 is 0. The molecule has 1 aliphatic heterocycles. The van der Waals surface area contributed by atoms with Crippen LogP contribution in [0.15, 0.2) is 30.3 Å². The number of halogens is 3. The molecule has 0 atom stereocenters. The number of ether oxygens (including phenoxy) is 1. The van der Waals surface area contributed by atoms with Gasteiger partial charge in [-0.1, -0.05) is 30.3 Å². The molecule has 1 aromatic carbocycles. The Labute approximate surface area is 91.4 Å². The van der Waals surface area contributed by atoms with E-state index in [0.29, 0.717) is 0 Å². The van der Waals surface area contributed by atoms with Crippen LogP contribution in [0.5, 0.6) is 0 Å². The lowest BCUT2D eigenvalue weighted by molar-refractivity contribution is -0.268. The molecular formula is C11H12F3NO. The first kappa shape index (κ1) is 11.4. The minimum Gasteiger partial charge on any atom is -0.377 e. The Balaban J connectivity index is 1.99. The third-order valence-electron chi connectivity index (χ3n) is 2.71. The fourth-order valence-corrected chi connectivity index (χ4v) is 1.54. The van der Waals surface area contributed by atoms with E-state index in [0.717, 1.165) is 5.56 Å². The third-order valence-corrected chi connectivity index (χ3v) is 2.71. The Bertz CT molecular complexity index is 346. The van der Waals surface area contributed by atoms with Gasteiger partial charge in [-0.15, -0.1) is 0 Å². The fraction of sp³-hybridized carbons (Fsp3) is 0.455. The number of rotatable bonds is 3. The predicted molar refractivity (Wildman–Crippen MR) is 52.9 cm³/mol. The van der Waals surface area contributed by atoms with Gasteiger partial charge in [-0.2, -0.15) is 13.2 Å². The monoisotopic (exact) mass is 231 g/mol. The summed E-state index contributed by atoms with van der Waals surface area (Å²) in [6, 6.07) is 9.01. The molecule has 1 aromatic rings. The maximum atomic E-state index is 12.7. The van der Waals surface area contributed by atoms with Crippen molar-refractivity contribution in [3.8, 4) is 0 Å². The topological polar surface area (TPSA) is 21.3 Å². The predicted octanol–water partition coefficient (Wildman–Crippen LogP) is 2.11. The van der Waals surface area contributed by atoms with Gasteiger partial charge in [0.05, 0.1) is 13.2 Å². The Morgan fingerprint density at radius 1 is 1.19 bits per heavy atom. The molecule has 5 heteroatoms. The van der Waals surface area contributed by atoms with Crippen LogP contribution in [0.1, 0.15) is 5.56 Å². The molecular weight excluding hydrogens is 219 g/mol. The molecule has 2 nitrogen and oxygen atoms in total. The van der Waals surface area contributed by atoms with Gasteiger partial charge in [0.15, 0.2) is 5.54 Å². The first-order valence-electron chi connectivity index (χ1n) is 4.97. The molecule has 1 heterocycles. The molecule has 1 fully saturated rings. The molecule has 88 valence electrons. The Morgan fingerprint density at radius 3 is 2.25 bits per heavy atom. The Morgan fingerprint density at radius 2 is 1.81 bits per heavy atom. The number of nitrogens with one attached hydrogen (secondary N) is 1. The highest BCUT2D eigenvalue weighted by molar-refractivity contribution is 5.15. The fourth-order valence-electron chi connectivity index (χ4n) is 1.54. The van der Waals surface area contributed by atoms with Gasteiger partial charge in [0, 0.05) is 6.54 Å². The summed E-state index contributed by atoms with van der Waals surface area (Å²) in [4.78, 5) is 0. The summed E-state index contributed by atoms with van der Waals surface area (Å²) in [6.07, 6.45) is -4.26. The standard InChI is InChI=1S/C11H12F3NO/c12-11(13,14)10(7-16-8-10)15-6-9-4-2-1-3-5-9/h1-5,15H,6-8H2. The largest absolute Gasteiger partial charge is 0.411 e. The summed E-state index contributed by atoms with van der Waals surface area (Å²) in [6.45, 7) is -0.406. The zero-order valence-electron chi connectivity index (χ0n) is 8.55. The van der Waals surface area contributed by atoms with Crippen molar-refractivity contribution < 1.29 is 17.9 Å². The van der Waals surface area contributed by atoms with Crippen molar-refractivity contribution in [2.45, 2.75) is 18.3 Å². The van der Waals surface area contributed by atoms with Crippen molar-refractivity contribution in [1.82, 2.24) is 5.32 Å². The first-order valence-corrected chi connectivity index (χ1v) is 4.97. The van der Waals surface area contributed by atoms with Gasteiger partial charge in [-0.25, -0.2) is 0 Å². The van der Waals surface area contributed by atoms with E-state index in [4.69, 9.17) is 0 Å². The highest BCUT2D eigenvalue weighted by Crippen LogP contribution is 2.36. The quantitative estimate of drug-likeness (QED) is 0.860. The van der Waals surface area contributed by atoms with Gasteiger partial charge in [0.25, 0.3) is 0 Å². The number of benzene rings is 1. The minimum atomic E-state index is -4.26. The summed E-state index contributed by atoms with van der Waals surface area (Å²) in [5, 5.41) is 2.54. The molecule has 1 aliphatic rings. The highest BCUT2D eigenvalue weighted by Gasteiger charge is 2.59. The van der Waals surface area contributed by atoms with E-state index in [2.05, 4.69) is 10.1 Å². The molecule has 0 aromatic heterocycles. The first-order chi connectivity index (χ1) is 7.54. The van der Waals surface area contributed by atoms with Gasteiger partial charge in [0.2, 0.25) is 0 Å². The van der Waals surface area contributed by atoms with Gasteiger partial charge >= 0.3 is 6.18 Å². The molecule has 1 N–H and O–H groups in total. The maximum absolute atomic E-state index is 12.7. The molecule has 0 radical (unpaired) electrons. The highest BCUT2D eigenvalue weighted by atomic mass is 19.4. The molecule has 0 saturated carbocycles. The van der Waals surface area contributed by atoms with Crippen LogP contribution in [0.2, 0.25) is 0 Å². The summed E-state index contributed by atoms with van der Waals surface area (Å²) < 4.78 is 42.8. The zero-order valence-corrected chi connectivity index (χ0v) is 8.55. The number of hydrogen-bond acceptors (Lipinski definition) is 2. The van der Waals surface area contributed by atoms with Crippen LogP contribution in [-0.4, -0.2) is 24.9 Å². The van der Waals surface area contributed by atoms with E-state index in [1.54, 1.807) is 24.3 Å². The van der Waals surface area contributed by atoms with Crippen LogP contribution in [0.4, 0.5) is 13.2 Å². The Hall–Kier alpha value is -1.07. The molecule has 0 spiro atoms. The van der Waals surface area contributed by atoms with Gasteiger partial charge < -0.3 is 4.74 Å². The van der Waals surface area contributed by atoms with Crippen LogP contribution in [0, 0.1) is 0 Å². The van der Waals surface area contributed by atoms with Gasteiger partial charge in [-0.05, 0) is 5.56 Å². The normalized spacial score (nSPS) is 19.2. The minimum absolute atomic E-state index is 0.198. The molecule has 0 unspecified atom stereocenters. The second kappa shape index (κ2) is 4.07. The van der Waals surface area contributed by atoms with Crippen LogP contribution in [0.3, 0.4) is 0 Å². The van der Waals surface area contributed by atoms with E-state index in [1.807, 2.05) is 6.07 Å². The molecule has 2 rings (SSSR count). The van der Waals surface area contributed by atoms with Crippen LogP contribution < -0.4 is 5.32 Å². The maximum Gasteiger partial charge on any atom is 0.411 e. The lowest BCUT2D eigenvalue weighted by atomic mass is 9.96. The average Bonchev–Trinajstić information content (AvgIpc) is 2.15. The summed E-state index contributed by atoms with van der Waals surface area (Å²) in [7, 11) is 0. The van der Waals surface area contributed by atoms with Crippen molar-refractivity contribution in [3.63, 3.8) is 0 Å². The number of hydrogen-bond donors (Lipinski definition) is 1. The van der Waals surface area contributed by atoms with Crippen LogP contribution in [-0.2, 0) is 11.3 Å². The molecule has 0 bridgehead atoms. The molecule has 0 aliphatic carbocycles. The van der Waals surface area contributed by atoms with E-state index >= 15 is 0 Å². The van der Waals surface area contributed by atoms with Crippen LogP contribution in [0.25, 0.3) is 0 Å². The lowest BCUT2D eigenvalue weighted by Crippen LogP contribution is -2.68. The van der Waals surface area contributed by atoms with Crippen molar-refractivity contribution in [2.75, 3.05) is 13.2 Å². The molecule has 0 amide bonds. The smallest absolute Gasteiger partial charge is 0.377 e. The van der Waals surface area contributed by atoms with Crippen molar-refractivity contribution >= 4 is 0 Å². The van der Waals surface area contributed by atoms with Gasteiger partial charge in [0.1, 0.15) is 0 Å². The number of alkyl halides is 3. The van der Waals surface area contributed by atoms with Crippen molar-refractivity contribution in [1.29, 1.82) is 0 Å². The molecule has 1 saturated heterocycles. The average molecular weight is 231 g/mol. The van der Waals surface area contributed by atoms with Crippen molar-refractivity contribution in [2.24, 2.45) is 0 Å².